The molecule has 3 fully saturated rings. The molecule has 2 aromatic rings. The number of aromatic nitrogens is 3. The fourth-order valence-electron chi connectivity index (χ4n) is 8.96. The molecule has 3 aliphatic rings. The molecule has 2 aromatic heterocycles. The van der Waals surface area contributed by atoms with Gasteiger partial charge in [0.25, 0.3) is 5.67 Å². The third-order valence-corrected chi connectivity index (χ3v) is 12.5. The van der Waals surface area contributed by atoms with Crippen LogP contribution in [0.4, 0.5) is 10.2 Å². The van der Waals surface area contributed by atoms with E-state index in [2.05, 4.69) is 20.2 Å². The number of pyridine rings is 1. The van der Waals surface area contributed by atoms with E-state index < -0.39 is 95.1 Å². The van der Waals surface area contributed by atoms with Gasteiger partial charge in [0, 0.05) is 42.3 Å². The number of carbonyl (C=O) groups excluding carboxylic acids is 3. The van der Waals surface area contributed by atoms with Crippen molar-refractivity contribution in [3.63, 3.8) is 0 Å². The number of carbonyl (C=O) groups is 3. The van der Waals surface area contributed by atoms with Gasteiger partial charge in [0.1, 0.15) is 29.3 Å². The summed E-state index contributed by atoms with van der Waals surface area (Å²) in [4.78, 5) is 58.3. The van der Waals surface area contributed by atoms with Gasteiger partial charge in [0.05, 0.1) is 54.7 Å². The Hall–Kier alpha value is -4.24. The Morgan fingerprint density at radius 1 is 1.10 bits per heavy atom. The number of anilines is 1. The summed E-state index contributed by atoms with van der Waals surface area (Å²) in [7, 11) is 3.63. The number of aliphatic imine (C=N–C) groups is 1. The first kappa shape index (κ1) is 49.8. The van der Waals surface area contributed by atoms with E-state index in [0.29, 0.717) is 29.3 Å². The molecule has 19 heteroatoms. The highest BCUT2D eigenvalue weighted by Gasteiger charge is 2.56. The number of hydrogen-bond donors (Lipinski definition) is 3. The van der Waals surface area contributed by atoms with Gasteiger partial charge in [-0.15, -0.1) is 0 Å². The van der Waals surface area contributed by atoms with Gasteiger partial charge in [-0.05, 0) is 79.1 Å². The summed E-state index contributed by atoms with van der Waals surface area (Å²) in [6, 6.07) is 4.77. The van der Waals surface area contributed by atoms with E-state index in [1.807, 2.05) is 32.8 Å². The lowest BCUT2D eigenvalue weighted by Crippen LogP contribution is -2.61. The van der Waals surface area contributed by atoms with Crippen LogP contribution in [0.5, 0.6) is 0 Å². The number of amides is 1. The first-order valence-electron chi connectivity index (χ1n) is 21.7. The molecule has 3 saturated heterocycles. The van der Waals surface area contributed by atoms with Crippen LogP contribution in [0.25, 0.3) is 5.69 Å². The van der Waals surface area contributed by atoms with Crippen molar-refractivity contribution >= 4 is 34.9 Å². The van der Waals surface area contributed by atoms with Gasteiger partial charge >= 0.3 is 5.97 Å². The van der Waals surface area contributed by atoms with Gasteiger partial charge in [-0.25, -0.2) is 18.9 Å². The van der Waals surface area contributed by atoms with Crippen molar-refractivity contribution in [2.75, 3.05) is 33.0 Å². The number of halogens is 1. The minimum absolute atomic E-state index is 0.00322. The maximum atomic E-state index is 16.9. The molecule has 5 rings (SSSR count). The van der Waals surface area contributed by atoms with E-state index in [-0.39, 0.29) is 44.8 Å². The molecule has 0 aliphatic carbocycles. The molecule has 0 spiro atoms. The Bertz CT molecular complexity index is 1970. The second kappa shape index (κ2) is 20.3. The molecule has 63 heavy (non-hydrogen) atoms. The maximum absolute atomic E-state index is 16.9. The van der Waals surface area contributed by atoms with Gasteiger partial charge in [-0.2, -0.15) is 5.10 Å². The number of aliphatic hydroxyl groups is 2. The number of cyclic esters (lactones) is 1. The fourth-order valence-corrected chi connectivity index (χ4v) is 8.96. The normalized spacial score (nSPS) is 37.6. The average molecular weight is 888 g/mol. The minimum atomic E-state index is -3.23. The lowest BCUT2D eigenvalue weighted by atomic mass is 9.73. The van der Waals surface area contributed by atoms with Crippen molar-refractivity contribution in [3.8, 4) is 5.69 Å². The number of esters is 1. The number of hydrogen-bond acceptors (Lipinski definition) is 16. The summed E-state index contributed by atoms with van der Waals surface area (Å²) in [5, 5.41) is 32.7. The second-order valence-corrected chi connectivity index (χ2v) is 17.9. The number of ether oxygens (including phenoxy) is 5. The molecular weight excluding hydrogens is 822 g/mol. The summed E-state index contributed by atoms with van der Waals surface area (Å²) >= 11 is 0. The molecule has 3 aliphatic heterocycles. The summed E-state index contributed by atoms with van der Waals surface area (Å²) in [5.41, 5.74) is 0.614. The highest BCUT2D eigenvalue weighted by Crippen LogP contribution is 2.41. The Morgan fingerprint density at radius 2 is 1.81 bits per heavy atom. The Labute approximate surface area is 368 Å². The van der Waals surface area contributed by atoms with Crippen molar-refractivity contribution in [3.05, 3.63) is 36.3 Å². The molecule has 350 valence electrons. The largest absolute Gasteiger partial charge is 0.457 e. The molecule has 5 heterocycles. The molecule has 0 aromatic carbocycles. The zero-order valence-corrected chi connectivity index (χ0v) is 38.3. The summed E-state index contributed by atoms with van der Waals surface area (Å²) < 4.78 is 50.5. The lowest BCUT2D eigenvalue weighted by molar-refractivity contribution is -0.296. The highest BCUT2D eigenvalue weighted by molar-refractivity contribution is 6.08. The molecule has 4 N–H and O–H groups in total. The zero-order valence-electron chi connectivity index (χ0n) is 38.3. The van der Waals surface area contributed by atoms with Crippen molar-refractivity contribution in [1.29, 1.82) is 0 Å². The summed E-state index contributed by atoms with van der Waals surface area (Å²) in [5.74, 6) is -5.70. The first-order chi connectivity index (χ1) is 29.5. The van der Waals surface area contributed by atoms with Gasteiger partial charge in [-0.1, -0.05) is 39.8 Å². The number of nitrogens with zero attached hydrogens (tertiary/aromatic N) is 6. The number of Topliss-reactive ketones (excluding diaryl/α,β-unsaturated/α-hetero) is 1. The number of rotatable bonds is 9. The minimum Gasteiger partial charge on any atom is -0.457 e. The van der Waals surface area contributed by atoms with Crippen molar-refractivity contribution in [1.82, 2.24) is 19.7 Å². The highest BCUT2D eigenvalue weighted by atomic mass is 19.1. The van der Waals surface area contributed by atoms with Crippen LogP contribution in [-0.2, 0) is 49.5 Å². The SMILES string of the molecule is CCC(=O)N=C1[C@H](C)C[C@@]2(C)OC/C(=N/OCc3ccc(-n4ccc(N)n4)cn3)CO[C@@H]([C@H]1C)[C@](C)(O)[C@@H](CC)OC(=O)[C@@](C)(F)C(=O)[C@H](C)[C@H]2O[C@@H]1O[C@H](C)C[C@H](N(C)C)[C@H]1O. The Morgan fingerprint density at radius 3 is 2.41 bits per heavy atom. The van der Waals surface area contributed by atoms with Gasteiger partial charge in [0.2, 0.25) is 5.91 Å². The van der Waals surface area contributed by atoms with E-state index >= 15 is 4.39 Å². The van der Waals surface area contributed by atoms with E-state index in [4.69, 9.17) is 34.3 Å². The average Bonchev–Trinajstić information content (AvgIpc) is 3.67. The number of nitrogens with two attached hydrogens (primary N) is 1. The van der Waals surface area contributed by atoms with Crippen LogP contribution in [-0.4, -0.2) is 146 Å². The molecule has 0 saturated carbocycles. The van der Waals surface area contributed by atoms with Crippen molar-refractivity contribution in [2.24, 2.45) is 27.9 Å². The Kier molecular flexibility index (Phi) is 16.0. The fraction of sp³-hybridized carbons (Fsp3) is 0.705. The number of aliphatic hydroxyl groups excluding tert-OH is 1. The van der Waals surface area contributed by atoms with Crippen LogP contribution in [0, 0.1) is 17.8 Å². The van der Waals surface area contributed by atoms with Crippen LogP contribution in [0.3, 0.4) is 0 Å². The van der Waals surface area contributed by atoms with E-state index in [1.54, 1.807) is 63.0 Å². The molecule has 13 atom stereocenters. The molecule has 2 bridgehead atoms. The van der Waals surface area contributed by atoms with Crippen LogP contribution in [0.15, 0.2) is 40.7 Å². The van der Waals surface area contributed by atoms with Crippen LogP contribution in [0.2, 0.25) is 0 Å². The van der Waals surface area contributed by atoms with Gasteiger partial charge in [-0.3, -0.25) is 14.6 Å². The number of alkyl halides is 1. The van der Waals surface area contributed by atoms with Crippen molar-refractivity contribution in [2.45, 2.75) is 154 Å². The number of likely N-dealkylation sites (N-methyl/N-ethyl adjacent to an activating group) is 1. The van der Waals surface area contributed by atoms with E-state index in [9.17, 15) is 24.6 Å². The number of nitrogen functional groups attached to an aromatic ring is 1. The van der Waals surface area contributed by atoms with Crippen LogP contribution >= 0.6 is 0 Å². The van der Waals surface area contributed by atoms with E-state index in [0.717, 1.165) is 6.92 Å². The molecule has 0 radical (unpaired) electrons. The predicted molar refractivity (Wildman–Crippen MR) is 230 cm³/mol. The second-order valence-electron chi connectivity index (χ2n) is 17.9. The van der Waals surface area contributed by atoms with E-state index in [1.165, 1.54) is 13.8 Å². The van der Waals surface area contributed by atoms with Crippen LogP contribution in [0.1, 0.15) is 93.7 Å². The summed E-state index contributed by atoms with van der Waals surface area (Å²) in [6.45, 7) is 13.3. The van der Waals surface area contributed by atoms with Gasteiger partial charge < -0.3 is 49.4 Å². The smallest absolute Gasteiger partial charge is 0.351 e. The number of oxime groups is 1. The number of fused-ring (bicyclic) bond motifs is 5. The topological polar surface area (TPSA) is 232 Å². The standard InChI is InChI=1S/C44H66FN7O11/c1-12-32-44(9,57)39-26(5)35(48-34(53)13-2)24(3)19-42(7,59-22-29(21-58-39)50-60-23-28-14-15-30(20-47-28)52-17-16-33(46)49-52)38(27(6)37(55)43(8,45)41(56)62-32)63-40-36(54)31(51(10)11)18-25(4)61-40/h14-17,20,24-27,31-32,36,38-40,54,57H,12-13,18-19,21-23H2,1-11H3,(H2,46,49)/b48-35?,50-29+/t24-,25-,26+,27+,31+,32-,36-,38-,39+,40+,42-,43+,44-/m1/s1. The molecular formula is C44H66FN7O11. The third kappa shape index (κ3) is 11.2. The van der Waals surface area contributed by atoms with Crippen LogP contribution < -0.4 is 5.73 Å². The Balaban J connectivity index is 1.66. The lowest BCUT2D eigenvalue weighted by Gasteiger charge is -2.47. The quantitative estimate of drug-likeness (QED) is 0.185. The molecule has 0 unspecified atom stereocenters. The third-order valence-electron chi connectivity index (χ3n) is 12.5. The maximum Gasteiger partial charge on any atom is 0.351 e. The first-order valence-corrected chi connectivity index (χ1v) is 21.7. The molecule has 18 nitrogen and oxygen atoms in total. The monoisotopic (exact) mass is 887 g/mol. The summed E-state index contributed by atoms with van der Waals surface area (Å²) in [6.07, 6.45) is -3.18. The molecule has 1 amide bonds. The predicted octanol–water partition coefficient (Wildman–Crippen LogP) is 3.77. The number of ketones is 1. The zero-order chi connectivity index (χ0) is 46.6. The van der Waals surface area contributed by atoms with Gasteiger partial charge in [0.15, 0.2) is 18.7 Å². The van der Waals surface area contributed by atoms with Crippen molar-refractivity contribution < 1.29 is 57.5 Å².